The van der Waals surface area contributed by atoms with Crippen molar-refractivity contribution < 1.29 is 31.5 Å². The van der Waals surface area contributed by atoms with Crippen LogP contribution in [0.4, 0.5) is 38.3 Å². The van der Waals surface area contributed by atoms with Gasteiger partial charge in [0.2, 0.25) is 0 Å². The van der Waals surface area contributed by atoms with Crippen LogP contribution in [-0.2, 0) is 11.3 Å². The number of carbonyl (C=O) groups is 1. The molecule has 3 aliphatic rings. The number of anilines is 2. The summed E-state index contributed by atoms with van der Waals surface area (Å²) in [4.78, 5) is 20.6. The maximum absolute atomic E-state index is 14.5. The molecule has 0 aromatic carbocycles. The molecular weight excluding hydrogens is 527 g/mol. The number of aromatic nitrogens is 5. The first-order valence-electron chi connectivity index (χ1n) is 12.6. The summed E-state index contributed by atoms with van der Waals surface area (Å²) in [6, 6.07) is 0.755. The lowest BCUT2D eigenvalue weighted by Gasteiger charge is -2.43. The van der Waals surface area contributed by atoms with E-state index < -0.39 is 42.7 Å². The summed E-state index contributed by atoms with van der Waals surface area (Å²) in [5.41, 5.74) is 0.240. The van der Waals surface area contributed by atoms with Crippen LogP contribution in [-0.4, -0.2) is 86.4 Å². The van der Waals surface area contributed by atoms with Crippen molar-refractivity contribution in [2.24, 2.45) is 5.92 Å². The van der Waals surface area contributed by atoms with E-state index in [1.54, 1.807) is 7.11 Å². The van der Waals surface area contributed by atoms with E-state index in [1.807, 2.05) is 4.90 Å². The van der Waals surface area contributed by atoms with Gasteiger partial charge in [0.25, 0.3) is 5.92 Å². The van der Waals surface area contributed by atoms with E-state index in [4.69, 9.17) is 4.74 Å². The molecule has 39 heavy (non-hydrogen) atoms. The van der Waals surface area contributed by atoms with Gasteiger partial charge in [-0.25, -0.2) is 13.6 Å². The number of likely N-dealkylation sites (tertiary alicyclic amines) is 1. The van der Waals surface area contributed by atoms with Crippen LogP contribution >= 0.6 is 0 Å². The summed E-state index contributed by atoms with van der Waals surface area (Å²) >= 11 is 0. The summed E-state index contributed by atoms with van der Waals surface area (Å²) in [6.07, 6.45) is -0.267. The molecule has 2 amide bonds. The standard InChI is InChI=1S/C24H27F5N8O2/c1-13-6-22(3-4-22)36(11-23(13,25)26)21(38)32-17-8-31-33-19(17)16-5-18-15(7-30-16)20(35-9-14(10-35)39-2)34-37(18)12-24(27,28)29/h5,7-8,13-14H,3-4,6,9-12H2,1-2H3,(H,31,33)(H,32,38). The van der Waals surface area contributed by atoms with E-state index in [9.17, 15) is 26.7 Å². The van der Waals surface area contributed by atoms with Gasteiger partial charge >= 0.3 is 12.2 Å². The summed E-state index contributed by atoms with van der Waals surface area (Å²) in [7, 11) is 1.57. The number of halogens is 5. The van der Waals surface area contributed by atoms with Crippen molar-refractivity contribution in [3.8, 4) is 11.4 Å². The van der Waals surface area contributed by atoms with E-state index in [1.165, 1.54) is 30.3 Å². The first-order valence-corrected chi connectivity index (χ1v) is 12.6. The highest BCUT2D eigenvalue weighted by atomic mass is 19.4. The van der Waals surface area contributed by atoms with Crippen LogP contribution < -0.4 is 10.2 Å². The number of carbonyl (C=O) groups excluding carboxylic acids is 1. The van der Waals surface area contributed by atoms with Crippen LogP contribution in [0.3, 0.4) is 0 Å². The van der Waals surface area contributed by atoms with Crippen molar-refractivity contribution in [3.05, 3.63) is 18.5 Å². The number of H-pyrrole nitrogens is 1. The summed E-state index contributed by atoms with van der Waals surface area (Å²) in [5, 5.41) is 14.0. The maximum atomic E-state index is 14.5. The fourth-order valence-corrected chi connectivity index (χ4v) is 5.50. The highest BCUT2D eigenvalue weighted by Gasteiger charge is 2.60. The minimum atomic E-state index is -4.51. The minimum absolute atomic E-state index is 0.0333. The molecule has 3 aromatic heterocycles. The SMILES string of the molecule is COC1CN(c2nn(CC(F)(F)F)c3cc(-c4[nH]ncc4NC(=O)N4CC(F)(F)C(C)CC45CC5)ncc23)C1. The number of rotatable bonds is 5. The molecule has 1 aliphatic carbocycles. The second kappa shape index (κ2) is 8.76. The number of ether oxygens (including phenoxy) is 1. The molecule has 2 N–H and O–H groups in total. The molecule has 1 spiro atoms. The summed E-state index contributed by atoms with van der Waals surface area (Å²) in [6.45, 7) is 0.492. The second-order valence-electron chi connectivity index (χ2n) is 10.7. The van der Waals surface area contributed by atoms with Gasteiger partial charge in [-0.1, -0.05) is 6.92 Å². The molecule has 5 heterocycles. The van der Waals surface area contributed by atoms with E-state index in [0.717, 1.165) is 4.68 Å². The number of hydrogen-bond acceptors (Lipinski definition) is 6. The summed E-state index contributed by atoms with van der Waals surface area (Å²) < 4.78 is 75.2. The van der Waals surface area contributed by atoms with Gasteiger partial charge in [0.1, 0.15) is 12.2 Å². The predicted octanol–water partition coefficient (Wildman–Crippen LogP) is 4.26. The lowest BCUT2D eigenvalue weighted by atomic mass is 9.87. The van der Waals surface area contributed by atoms with Gasteiger partial charge in [-0.2, -0.15) is 23.4 Å². The quantitative estimate of drug-likeness (QED) is 0.457. The molecule has 15 heteroatoms. The van der Waals surface area contributed by atoms with Crippen LogP contribution in [0.15, 0.2) is 18.5 Å². The number of nitrogens with zero attached hydrogens (tertiary/aromatic N) is 6. The highest BCUT2D eigenvalue weighted by molar-refractivity contribution is 5.96. The summed E-state index contributed by atoms with van der Waals surface area (Å²) in [5.74, 6) is -3.46. The number of fused-ring (bicyclic) bond motifs is 1. The topological polar surface area (TPSA) is 104 Å². The Labute approximate surface area is 219 Å². The number of amides is 2. The van der Waals surface area contributed by atoms with Crippen LogP contribution in [0, 0.1) is 5.92 Å². The van der Waals surface area contributed by atoms with E-state index >= 15 is 0 Å². The molecule has 2 aliphatic heterocycles. The number of piperidine rings is 1. The Morgan fingerprint density at radius 2 is 2.00 bits per heavy atom. The van der Waals surface area contributed by atoms with Crippen molar-refractivity contribution in [1.29, 1.82) is 0 Å². The monoisotopic (exact) mass is 554 g/mol. The number of urea groups is 1. The fraction of sp³-hybridized carbons (Fsp3) is 0.583. The second-order valence-corrected chi connectivity index (χ2v) is 10.7. The Balaban J connectivity index is 1.30. The largest absolute Gasteiger partial charge is 0.408 e. The molecule has 1 unspecified atom stereocenters. The third kappa shape index (κ3) is 4.55. The van der Waals surface area contributed by atoms with E-state index in [0.29, 0.717) is 37.1 Å². The van der Waals surface area contributed by atoms with Crippen LogP contribution in [0.2, 0.25) is 0 Å². The van der Waals surface area contributed by atoms with Gasteiger partial charge in [-0.3, -0.25) is 14.8 Å². The van der Waals surface area contributed by atoms with Gasteiger partial charge in [-0.05, 0) is 25.3 Å². The number of pyridine rings is 1. The van der Waals surface area contributed by atoms with Gasteiger partial charge in [0, 0.05) is 37.9 Å². The van der Waals surface area contributed by atoms with Crippen molar-refractivity contribution in [1.82, 2.24) is 29.9 Å². The van der Waals surface area contributed by atoms with Gasteiger partial charge in [0.05, 0.1) is 41.1 Å². The normalized spacial score (nSPS) is 22.4. The fourth-order valence-electron chi connectivity index (χ4n) is 5.50. The Morgan fingerprint density at radius 3 is 2.67 bits per heavy atom. The highest BCUT2D eigenvalue weighted by Crippen LogP contribution is 2.53. The van der Waals surface area contributed by atoms with Crippen LogP contribution in [0.1, 0.15) is 26.2 Å². The predicted molar refractivity (Wildman–Crippen MR) is 131 cm³/mol. The molecule has 1 atom stereocenters. The average molecular weight is 555 g/mol. The first kappa shape index (κ1) is 25.8. The van der Waals surface area contributed by atoms with Gasteiger partial charge < -0.3 is 19.9 Å². The van der Waals surface area contributed by atoms with Gasteiger partial charge in [-0.15, -0.1) is 0 Å². The Hall–Kier alpha value is -3.49. The number of methoxy groups -OCH3 is 1. The molecule has 3 fully saturated rings. The maximum Gasteiger partial charge on any atom is 0.408 e. The molecule has 6 rings (SSSR count). The molecular formula is C24H27F5N8O2. The molecule has 3 aromatic rings. The van der Waals surface area contributed by atoms with Crippen molar-refractivity contribution in [2.75, 3.05) is 37.0 Å². The van der Waals surface area contributed by atoms with Crippen LogP contribution in [0.25, 0.3) is 22.3 Å². The van der Waals surface area contributed by atoms with Crippen molar-refractivity contribution >= 4 is 28.4 Å². The first-order chi connectivity index (χ1) is 18.4. The lowest BCUT2D eigenvalue weighted by Crippen LogP contribution is -2.57. The number of nitrogens with one attached hydrogen (secondary N) is 2. The Bertz CT molecular complexity index is 1410. The van der Waals surface area contributed by atoms with E-state index in [2.05, 4.69) is 25.6 Å². The zero-order valence-corrected chi connectivity index (χ0v) is 21.2. The van der Waals surface area contributed by atoms with Crippen molar-refractivity contribution in [3.63, 3.8) is 0 Å². The zero-order chi connectivity index (χ0) is 27.7. The third-order valence-electron chi connectivity index (χ3n) is 7.98. The van der Waals surface area contributed by atoms with E-state index in [-0.39, 0.29) is 35.1 Å². The Morgan fingerprint density at radius 1 is 1.26 bits per heavy atom. The number of alkyl halides is 5. The lowest BCUT2D eigenvalue weighted by molar-refractivity contribution is -0.141. The van der Waals surface area contributed by atoms with Gasteiger partial charge in [0.15, 0.2) is 5.82 Å². The van der Waals surface area contributed by atoms with Crippen LogP contribution in [0.5, 0.6) is 0 Å². The van der Waals surface area contributed by atoms with Crippen molar-refractivity contribution in [2.45, 2.75) is 56.5 Å². The number of hydrogen-bond donors (Lipinski definition) is 2. The molecule has 10 nitrogen and oxygen atoms in total. The molecule has 210 valence electrons. The minimum Gasteiger partial charge on any atom is -0.378 e. The Kier molecular flexibility index (Phi) is 5.79. The smallest absolute Gasteiger partial charge is 0.378 e. The molecule has 0 radical (unpaired) electrons. The average Bonchev–Trinajstić information content (AvgIpc) is 3.30. The molecule has 2 saturated heterocycles. The number of aromatic amines is 1. The third-order valence-corrected chi connectivity index (χ3v) is 7.98. The molecule has 1 saturated carbocycles. The molecule has 0 bridgehead atoms. The zero-order valence-electron chi connectivity index (χ0n) is 21.2.